The topological polar surface area (TPSA) is 180 Å². The Labute approximate surface area is 217 Å². The number of tetrazole rings is 1. The molecule has 14 nitrogen and oxygen atoms in total. The van der Waals surface area contributed by atoms with E-state index in [9.17, 15) is 23.3 Å². The number of aromatic nitrogens is 6. The Bertz CT molecular complexity index is 1850. The summed E-state index contributed by atoms with van der Waals surface area (Å²) in [4.78, 5) is 29.7. The lowest BCUT2D eigenvalue weighted by Crippen LogP contribution is -2.23. The Kier molecular flexibility index (Phi) is 6.63. The summed E-state index contributed by atoms with van der Waals surface area (Å²) in [6.07, 6.45) is 2.53. The highest BCUT2D eigenvalue weighted by Gasteiger charge is 2.19. The van der Waals surface area contributed by atoms with Crippen LogP contribution >= 0.6 is 11.8 Å². The highest BCUT2D eigenvalue weighted by Crippen LogP contribution is 2.27. The number of nitro groups is 1. The zero-order valence-electron chi connectivity index (χ0n) is 19.0. The molecule has 0 aliphatic heterocycles. The Morgan fingerprint density at radius 1 is 1.05 bits per heavy atom. The van der Waals surface area contributed by atoms with Gasteiger partial charge < -0.3 is 0 Å². The molecule has 1 N–H and O–H groups in total. The van der Waals surface area contributed by atoms with E-state index in [4.69, 9.17) is 0 Å². The van der Waals surface area contributed by atoms with Crippen LogP contribution in [0.15, 0.2) is 104 Å². The summed E-state index contributed by atoms with van der Waals surface area (Å²) in [5, 5.41) is 27.0. The number of nitrogens with zero attached hydrogens (tertiary/aromatic N) is 8. The average Bonchev–Trinajstić information content (AvgIpc) is 3.39. The van der Waals surface area contributed by atoms with Gasteiger partial charge >= 0.3 is 0 Å². The van der Waals surface area contributed by atoms with Crippen LogP contribution in [-0.2, 0) is 10.0 Å². The van der Waals surface area contributed by atoms with Crippen molar-refractivity contribution in [2.75, 3.05) is 0 Å². The third-order valence-corrected chi connectivity index (χ3v) is 7.23. The quantitative estimate of drug-likeness (QED) is 0.130. The number of benzene rings is 2. The molecule has 3 heterocycles. The molecular weight excluding hydrogens is 534 g/mol. The van der Waals surface area contributed by atoms with Gasteiger partial charge in [-0.2, -0.15) is 18.2 Å². The lowest BCUT2D eigenvalue weighted by molar-refractivity contribution is -0.385. The number of non-ortho nitro benzene ring substituents is 1. The molecule has 0 aliphatic carbocycles. The van der Waals surface area contributed by atoms with Crippen LogP contribution in [0.3, 0.4) is 0 Å². The lowest BCUT2D eigenvalue weighted by Gasteiger charge is -2.08. The fourth-order valence-corrected chi connectivity index (χ4v) is 5.01. The van der Waals surface area contributed by atoms with Crippen molar-refractivity contribution in [2.45, 2.75) is 15.1 Å². The minimum atomic E-state index is -4.27. The van der Waals surface area contributed by atoms with Gasteiger partial charge in [0.1, 0.15) is 10.7 Å². The molecule has 5 rings (SSSR count). The Balaban J connectivity index is 1.52. The molecule has 0 fully saturated rings. The van der Waals surface area contributed by atoms with Gasteiger partial charge in [0, 0.05) is 18.3 Å². The SMILES string of the molecule is O=c1c(/C=N\NS(=O)(=O)c2cccc([N+](=O)[O-])c2)c(Sc2nnnn2-c2ccccc2)nc2ccccn12. The van der Waals surface area contributed by atoms with E-state index >= 15 is 0 Å². The summed E-state index contributed by atoms with van der Waals surface area (Å²) in [5.74, 6) is 0. The monoisotopic (exact) mass is 549 g/mol. The van der Waals surface area contributed by atoms with Crippen molar-refractivity contribution < 1.29 is 13.3 Å². The van der Waals surface area contributed by atoms with Crippen molar-refractivity contribution in [2.24, 2.45) is 5.10 Å². The minimum Gasteiger partial charge on any atom is -0.268 e. The molecule has 38 heavy (non-hydrogen) atoms. The van der Waals surface area contributed by atoms with E-state index in [0.717, 1.165) is 30.1 Å². The van der Waals surface area contributed by atoms with E-state index in [0.29, 0.717) is 16.5 Å². The van der Waals surface area contributed by atoms with Crippen LogP contribution in [0.5, 0.6) is 0 Å². The second-order valence-electron chi connectivity index (χ2n) is 7.48. The number of rotatable bonds is 8. The number of nitrogens with one attached hydrogen (secondary N) is 1. The molecule has 16 heteroatoms. The number of pyridine rings is 1. The van der Waals surface area contributed by atoms with Crippen molar-refractivity contribution in [1.82, 2.24) is 34.4 Å². The van der Waals surface area contributed by atoms with Crippen LogP contribution < -0.4 is 10.4 Å². The number of hydrazone groups is 1. The predicted octanol–water partition coefficient (Wildman–Crippen LogP) is 2.04. The third kappa shape index (κ3) is 4.97. The number of para-hydroxylation sites is 1. The fourth-order valence-electron chi connectivity index (χ4n) is 3.31. The molecule has 0 saturated carbocycles. The van der Waals surface area contributed by atoms with Crippen molar-refractivity contribution in [3.05, 3.63) is 105 Å². The first-order valence-electron chi connectivity index (χ1n) is 10.7. The van der Waals surface area contributed by atoms with Gasteiger partial charge in [-0.25, -0.2) is 9.82 Å². The maximum Gasteiger partial charge on any atom is 0.276 e. The van der Waals surface area contributed by atoms with Gasteiger partial charge in [-0.05, 0) is 52.5 Å². The third-order valence-electron chi connectivity index (χ3n) is 5.07. The average molecular weight is 550 g/mol. The van der Waals surface area contributed by atoms with E-state index in [2.05, 4.69) is 25.6 Å². The van der Waals surface area contributed by atoms with E-state index < -0.39 is 26.2 Å². The summed E-state index contributed by atoms with van der Waals surface area (Å²) in [5.41, 5.74) is 0.0624. The van der Waals surface area contributed by atoms with Crippen molar-refractivity contribution in [3.8, 4) is 5.69 Å². The normalized spacial score (nSPS) is 11.7. The van der Waals surface area contributed by atoms with E-state index in [-0.39, 0.29) is 15.5 Å². The molecule has 5 aromatic rings. The number of hydrogen-bond acceptors (Lipinski definition) is 11. The van der Waals surface area contributed by atoms with Gasteiger partial charge in [0.25, 0.3) is 21.3 Å². The summed E-state index contributed by atoms with van der Waals surface area (Å²) in [7, 11) is -4.27. The summed E-state index contributed by atoms with van der Waals surface area (Å²) < 4.78 is 28.1. The number of fused-ring (bicyclic) bond motifs is 1. The van der Waals surface area contributed by atoms with Gasteiger partial charge in [0.05, 0.1) is 27.3 Å². The Hall–Kier alpha value is -4.96. The highest BCUT2D eigenvalue weighted by molar-refractivity contribution is 7.99. The maximum absolute atomic E-state index is 13.3. The van der Waals surface area contributed by atoms with Crippen molar-refractivity contribution in [3.63, 3.8) is 0 Å². The lowest BCUT2D eigenvalue weighted by atomic mass is 10.3. The Morgan fingerprint density at radius 3 is 2.63 bits per heavy atom. The molecular formula is C22H15N9O5S2. The molecule has 0 spiro atoms. The predicted molar refractivity (Wildman–Crippen MR) is 136 cm³/mol. The van der Waals surface area contributed by atoms with E-state index in [1.54, 1.807) is 30.3 Å². The molecule has 0 radical (unpaired) electrons. The first-order valence-corrected chi connectivity index (χ1v) is 13.0. The molecule has 0 saturated heterocycles. The van der Waals surface area contributed by atoms with Crippen LogP contribution in [-0.4, -0.2) is 49.1 Å². The van der Waals surface area contributed by atoms with Gasteiger partial charge in [-0.15, -0.1) is 5.10 Å². The second kappa shape index (κ2) is 10.2. The smallest absolute Gasteiger partial charge is 0.268 e. The summed E-state index contributed by atoms with van der Waals surface area (Å²) in [6, 6.07) is 18.6. The van der Waals surface area contributed by atoms with Gasteiger partial charge in [-0.1, -0.05) is 30.3 Å². The van der Waals surface area contributed by atoms with Crippen LogP contribution in [0.4, 0.5) is 5.69 Å². The first-order chi connectivity index (χ1) is 18.3. The molecule has 0 unspecified atom stereocenters. The molecule has 0 aliphatic rings. The first kappa shape index (κ1) is 24.7. The minimum absolute atomic E-state index is 0.0388. The molecule has 0 amide bonds. The van der Waals surface area contributed by atoms with Gasteiger partial charge in [0.2, 0.25) is 5.16 Å². The molecule has 3 aromatic heterocycles. The van der Waals surface area contributed by atoms with E-state index in [1.165, 1.54) is 27.4 Å². The number of nitro benzene ring substituents is 1. The van der Waals surface area contributed by atoms with Crippen LogP contribution in [0.25, 0.3) is 11.3 Å². The number of sulfonamides is 1. The molecule has 190 valence electrons. The highest BCUT2D eigenvalue weighted by atomic mass is 32.2. The van der Waals surface area contributed by atoms with Crippen LogP contribution in [0.1, 0.15) is 5.56 Å². The fraction of sp³-hybridized carbons (Fsp3) is 0. The standard InChI is InChI=1S/C22H15N9O5S2/c32-21-18(14-23-28-38(35,36)17-10-6-9-16(13-17)31(33)34)20(24-19-11-4-5-12-29(19)21)37-22-25-26-27-30(22)15-7-2-1-3-8-15/h1-14,28H/b23-14-. The van der Waals surface area contributed by atoms with Gasteiger partial charge in [-0.3, -0.25) is 19.3 Å². The van der Waals surface area contributed by atoms with Crippen LogP contribution in [0, 0.1) is 10.1 Å². The summed E-state index contributed by atoms with van der Waals surface area (Å²) >= 11 is 0.990. The molecule has 2 aromatic carbocycles. The van der Waals surface area contributed by atoms with Crippen molar-refractivity contribution >= 4 is 39.3 Å². The number of hydrogen-bond donors (Lipinski definition) is 1. The van der Waals surface area contributed by atoms with Crippen molar-refractivity contribution in [1.29, 1.82) is 0 Å². The zero-order chi connectivity index (χ0) is 26.7. The van der Waals surface area contributed by atoms with E-state index in [1.807, 2.05) is 23.0 Å². The van der Waals surface area contributed by atoms with Crippen LogP contribution in [0.2, 0.25) is 0 Å². The zero-order valence-corrected chi connectivity index (χ0v) is 20.7. The largest absolute Gasteiger partial charge is 0.276 e. The molecule has 0 bridgehead atoms. The second-order valence-corrected chi connectivity index (χ2v) is 10.1. The van der Waals surface area contributed by atoms with Gasteiger partial charge in [0.15, 0.2) is 0 Å². The molecule has 0 atom stereocenters. The maximum atomic E-state index is 13.3. The summed E-state index contributed by atoms with van der Waals surface area (Å²) in [6.45, 7) is 0. The Morgan fingerprint density at radius 2 is 1.84 bits per heavy atom.